The smallest absolute Gasteiger partial charge is 0.135 e. The molecule has 0 aliphatic rings. The van der Waals surface area contributed by atoms with Crippen LogP contribution in [0.25, 0.3) is 0 Å². The molecule has 0 aliphatic heterocycles. The third-order valence-electron chi connectivity index (χ3n) is 2.98. The molecule has 0 radical (unpaired) electrons. The molecular formula is C16H17F2NO. The molecule has 2 nitrogen and oxygen atoms in total. The van der Waals surface area contributed by atoms with Gasteiger partial charge in [0.2, 0.25) is 0 Å². The molecule has 0 saturated heterocycles. The van der Waals surface area contributed by atoms with Gasteiger partial charge in [0.15, 0.2) is 0 Å². The second-order valence-electron chi connectivity index (χ2n) is 4.49. The van der Waals surface area contributed by atoms with Gasteiger partial charge in [0.05, 0.1) is 0 Å². The lowest BCUT2D eigenvalue weighted by Gasteiger charge is -2.18. The first-order valence-corrected chi connectivity index (χ1v) is 6.57. The second kappa shape index (κ2) is 6.48. The van der Waals surface area contributed by atoms with Crippen LogP contribution in [0.4, 0.5) is 8.78 Å². The van der Waals surface area contributed by atoms with Crippen LogP contribution in [0.2, 0.25) is 0 Å². The van der Waals surface area contributed by atoms with Gasteiger partial charge in [-0.1, -0.05) is 19.1 Å². The standard InChI is InChI=1S/C16H17F2NO/c1-3-19-11(2)16-14(18)8-5-9-15(16)20-13-7-4-6-12(17)10-13/h4-11,19H,3H2,1-2H3. The third kappa shape index (κ3) is 3.33. The molecule has 0 aliphatic carbocycles. The Morgan fingerprint density at radius 3 is 2.60 bits per heavy atom. The second-order valence-corrected chi connectivity index (χ2v) is 4.49. The molecule has 0 aromatic heterocycles. The van der Waals surface area contributed by atoms with Crippen molar-refractivity contribution in [2.24, 2.45) is 0 Å². The zero-order valence-electron chi connectivity index (χ0n) is 11.5. The van der Waals surface area contributed by atoms with Crippen LogP contribution in [0.1, 0.15) is 25.5 Å². The molecule has 1 unspecified atom stereocenters. The number of ether oxygens (including phenoxy) is 1. The summed E-state index contributed by atoms with van der Waals surface area (Å²) in [5.41, 5.74) is 0.443. The Balaban J connectivity index is 2.34. The van der Waals surface area contributed by atoms with Gasteiger partial charge in [-0.15, -0.1) is 0 Å². The number of rotatable bonds is 5. The third-order valence-corrected chi connectivity index (χ3v) is 2.98. The van der Waals surface area contributed by atoms with E-state index in [9.17, 15) is 8.78 Å². The number of benzene rings is 2. The van der Waals surface area contributed by atoms with Gasteiger partial charge in [0.1, 0.15) is 23.1 Å². The predicted octanol–water partition coefficient (Wildman–Crippen LogP) is 4.43. The lowest BCUT2D eigenvalue weighted by Crippen LogP contribution is -2.19. The first-order valence-electron chi connectivity index (χ1n) is 6.57. The van der Waals surface area contributed by atoms with Crippen molar-refractivity contribution in [1.29, 1.82) is 0 Å². The zero-order chi connectivity index (χ0) is 14.5. The molecule has 0 fully saturated rings. The highest BCUT2D eigenvalue weighted by Crippen LogP contribution is 2.31. The van der Waals surface area contributed by atoms with Gasteiger partial charge in [-0.05, 0) is 37.7 Å². The molecule has 1 N–H and O–H groups in total. The van der Waals surface area contributed by atoms with E-state index in [0.717, 1.165) is 6.54 Å². The first-order chi connectivity index (χ1) is 9.61. The Hall–Kier alpha value is -1.94. The van der Waals surface area contributed by atoms with E-state index < -0.39 is 0 Å². The van der Waals surface area contributed by atoms with Gasteiger partial charge < -0.3 is 10.1 Å². The molecule has 0 saturated carbocycles. The number of hydrogen-bond donors (Lipinski definition) is 1. The van der Waals surface area contributed by atoms with E-state index in [1.165, 1.54) is 18.2 Å². The van der Waals surface area contributed by atoms with E-state index >= 15 is 0 Å². The Kier molecular flexibility index (Phi) is 4.69. The summed E-state index contributed by atoms with van der Waals surface area (Å²) in [5.74, 6) is 0.0112. The Morgan fingerprint density at radius 2 is 1.90 bits per heavy atom. The summed E-state index contributed by atoms with van der Waals surface area (Å²) in [6.07, 6.45) is 0. The quantitative estimate of drug-likeness (QED) is 0.873. The molecule has 0 bridgehead atoms. The topological polar surface area (TPSA) is 21.3 Å². The summed E-state index contributed by atoms with van der Waals surface area (Å²) in [5, 5.41) is 3.15. The summed E-state index contributed by atoms with van der Waals surface area (Å²) in [4.78, 5) is 0. The Labute approximate surface area is 117 Å². The summed E-state index contributed by atoms with van der Waals surface area (Å²) in [7, 11) is 0. The SMILES string of the molecule is CCNC(C)c1c(F)cccc1Oc1cccc(F)c1. The molecule has 20 heavy (non-hydrogen) atoms. The number of nitrogens with one attached hydrogen (secondary N) is 1. The van der Waals surface area contributed by atoms with Crippen LogP contribution in [0.15, 0.2) is 42.5 Å². The van der Waals surface area contributed by atoms with Crippen molar-refractivity contribution < 1.29 is 13.5 Å². The zero-order valence-corrected chi connectivity index (χ0v) is 11.5. The summed E-state index contributed by atoms with van der Waals surface area (Å²) in [6.45, 7) is 4.53. The minimum Gasteiger partial charge on any atom is -0.457 e. The van der Waals surface area contributed by atoms with Crippen molar-refractivity contribution in [3.63, 3.8) is 0 Å². The highest BCUT2D eigenvalue weighted by atomic mass is 19.1. The Bertz CT molecular complexity index is 586. The lowest BCUT2D eigenvalue weighted by atomic mass is 10.1. The van der Waals surface area contributed by atoms with Crippen molar-refractivity contribution in [1.82, 2.24) is 5.32 Å². The summed E-state index contributed by atoms with van der Waals surface area (Å²) >= 11 is 0. The molecule has 2 aromatic rings. The molecule has 2 aromatic carbocycles. The highest BCUT2D eigenvalue weighted by molar-refractivity contribution is 5.40. The maximum Gasteiger partial charge on any atom is 0.135 e. The van der Waals surface area contributed by atoms with Crippen molar-refractivity contribution in [2.75, 3.05) is 6.54 Å². The van der Waals surface area contributed by atoms with E-state index in [0.29, 0.717) is 17.1 Å². The van der Waals surface area contributed by atoms with Gasteiger partial charge in [-0.2, -0.15) is 0 Å². The molecule has 1 atom stereocenters. The van der Waals surface area contributed by atoms with Gasteiger partial charge >= 0.3 is 0 Å². The van der Waals surface area contributed by atoms with Crippen molar-refractivity contribution in [3.8, 4) is 11.5 Å². The van der Waals surface area contributed by atoms with Crippen LogP contribution in [0.5, 0.6) is 11.5 Å². The molecule has 4 heteroatoms. The van der Waals surface area contributed by atoms with E-state index in [1.807, 2.05) is 13.8 Å². The Morgan fingerprint density at radius 1 is 1.15 bits per heavy atom. The number of hydrogen-bond acceptors (Lipinski definition) is 2. The van der Waals surface area contributed by atoms with Crippen LogP contribution in [0, 0.1) is 11.6 Å². The van der Waals surface area contributed by atoms with Gasteiger partial charge in [-0.3, -0.25) is 0 Å². The fourth-order valence-electron chi connectivity index (χ4n) is 2.09. The van der Waals surface area contributed by atoms with Crippen molar-refractivity contribution >= 4 is 0 Å². The lowest BCUT2D eigenvalue weighted by molar-refractivity contribution is 0.445. The molecule has 0 amide bonds. The minimum atomic E-state index is -0.389. The minimum absolute atomic E-state index is 0.190. The van der Waals surface area contributed by atoms with Crippen LogP contribution in [-0.2, 0) is 0 Å². The van der Waals surface area contributed by atoms with Crippen molar-refractivity contribution in [2.45, 2.75) is 19.9 Å². The highest BCUT2D eigenvalue weighted by Gasteiger charge is 2.16. The molecule has 0 spiro atoms. The molecule has 106 valence electrons. The van der Waals surface area contributed by atoms with Gasteiger partial charge in [0, 0.05) is 17.7 Å². The van der Waals surface area contributed by atoms with Gasteiger partial charge in [0.25, 0.3) is 0 Å². The molecule has 2 rings (SSSR count). The predicted molar refractivity (Wildman–Crippen MR) is 75.0 cm³/mol. The monoisotopic (exact) mass is 277 g/mol. The van der Waals surface area contributed by atoms with E-state index in [4.69, 9.17) is 4.74 Å². The van der Waals surface area contributed by atoms with E-state index in [-0.39, 0.29) is 17.7 Å². The van der Waals surface area contributed by atoms with Gasteiger partial charge in [-0.25, -0.2) is 8.78 Å². The van der Waals surface area contributed by atoms with Crippen molar-refractivity contribution in [3.05, 3.63) is 59.7 Å². The summed E-state index contributed by atoms with van der Waals surface area (Å²) < 4.78 is 32.8. The number of halogens is 2. The first kappa shape index (κ1) is 14.5. The van der Waals surface area contributed by atoms with Crippen LogP contribution >= 0.6 is 0 Å². The average molecular weight is 277 g/mol. The fraction of sp³-hybridized carbons (Fsp3) is 0.250. The largest absolute Gasteiger partial charge is 0.457 e. The maximum atomic E-state index is 14.0. The van der Waals surface area contributed by atoms with Crippen LogP contribution < -0.4 is 10.1 Å². The maximum absolute atomic E-state index is 14.0. The normalized spacial score (nSPS) is 12.2. The van der Waals surface area contributed by atoms with Crippen LogP contribution in [-0.4, -0.2) is 6.54 Å². The molecular weight excluding hydrogens is 260 g/mol. The van der Waals surface area contributed by atoms with E-state index in [2.05, 4.69) is 5.32 Å². The van der Waals surface area contributed by atoms with Crippen LogP contribution in [0.3, 0.4) is 0 Å². The summed E-state index contributed by atoms with van der Waals surface area (Å²) in [6, 6.07) is 10.2. The van der Waals surface area contributed by atoms with E-state index in [1.54, 1.807) is 24.3 Å². The molecule has 0 heterocycles. The average Bonchev–Trinajstić information content (AvgIpc) is 2.39. The fourth-order valence-corrected chi connectivity index (χ4v) is 2.09.